The van der Waals surface area contributed by atoms with E-state index in [4.69, 9.17) is 15.2 Å². The Labute approximate surface area is 101 Å². The van der Waals surface area contributed by atoms with Gasteiger partial charge in [0.25, 0.3) is 0 Å². The van der Waals surface area contributed by atoms with E-state index in [0.717, 1.165) is 6.07 Å². The molecule has 0 aliphatic heterocycles. The van der Waals surface area contributed by atoms with Crippen molar-refractivity contribution in [1.82, 2.24) is 5.16 Å². The number of anilines is 1. The zero-order chi connectivity index (χ0) is 13.3. The number of nitrogen functional groups attached to an aromatic ring is 1. The van der Waals surface area contributed by atoms with Crippen molar-refractivity contribution >= 4 is 5.88 Å². The molecule has 0 aliphatic rings. The van der Waals surface area contributed by atoms with Crippen LogP contribution < -0.4 is 15.2 Å². The summed E-state index contributed by atoms with van der Waals surface area (Å²) in [7, 11) is 2.52. The Morgan fingerprint density at radius 1 is 1.11 bits per heavy atom. The number of hydrogen-bond acceptors (Lipinski definition) is 5. The van der Waals surface area contributed by atoms with Crippen LogP contribution in [0.3, 0.4) is 0 Å². The summed E-state index contributed by atoms with van der Waals surface area (Å²) >= 11 is 0. The normalized spacial score (nSPS) is 10.4. The second-order valence-electron chi connectivity index (χ2n) is 3.40. The lowest BCUT2D eigenvalue weighted by molar-refractivity contribution is 0.359. The van der Waals surface area contributed by atoms with E-state index in [9.17, 15) is 8.78 Å². The number of hydrogen-bond donors (Lipinski definition) is 1. The third kappa shape index (κ3) is 1.83. The molecule has 0 amide bonds. The first kappa shape index (κ1) is 12.2. The van der Waals surface area contributed by atoms with Gasteiger partial charge in [0.15, 0.2) is 23.1 Å². The third-order valence-electron chi connectivity index (χ3n) is 2.36. The first-order chi connectivity index (χ1) is 8.58. The van der Waals surface area contributed by atoms with Crippen molar-refractivity contribution in [2.45, 2.75) is 0 Å². The third-order valence-corrected chi connectivity index (χ3v) is 2.36. The molecule has 96 valence electrons. The highest BCUT2D eigenvalue weighted by molar-refractivity contribution is 5.67. The summed E-state index contributed by atoms with van der Waals surface area (Å²) in [5.41, 5.74) is 4.84. The van der Waals surface area contributed by atoms with Gasteiger partial charge in [0.1, 0.15) is 5.69 Å². The van der Waals surface area contributed by atoms with E-state index in [2.05, 4.69) is 9.68 Å². The van der Waals surface area contributed by atoms with Gasteiger partial charge in [-0.1, -0.05) is 5.16 Å². The van der Waals surface area contributed by atoms with Crippen molar-refractivity contribution in [2.24, 2.45) is 0 Å². The monoisotopic (exact) mass is 256 g/mol. The number of halogens is 2. The topological polar surface area (TPSA) is 70.5 Å². The fraction of sp³-hybridized carbons (Fsp3) is 0.182. The van der Waals surface area contributed by atoms with Gasteiger partial charge in [-0.15, -0.1) is 0 Å². The van der Waals surface area contributed by atoms with Crippen LogP contribution in [0.1, 0.15) is 0 Å². The Kier molecular flexibility index (Phi) is 3.05. The van der Waals surface area contributed by atoms with Crippen LogP contribution in [0.2, 0.25) is 0 Å². The minimum absolute atomic E-state index is 0.0504. The van der Waals surface area contributed by atoms with Crippen LogP contribution in [0.5, 0.6) is 11.5 Å². The van der Waals surface area contributed by atoms with Crippen LogP contribution in [0.15, 0.2) is 16.7 Å². The minimum Gasteiger partial charge on any atom is -0.494 e. The Bertz CT molecular complexity index is 556. The maximum Gasteiger partial charge on any atom is 0.222 e. The molecule has 0 aliphatic carbocycles. The first-order valence-electron chi connectivity index (χ1n) is 4.91. The zero-order valence-electron chi connectivity index (χ0n) is 9.66. The molecule has 0 saturated heterocycles. The highest BCUT2D eigenvalue weighted by Crippen LogP contribution is 2.37. The molecule has 0 radical (unpaired) electrons. The van der Waals surface area contributed by atoms with E-state index in [-0.39, 0.29) is 23.1 Å². The maximum atomic E-state index is 14.0. The molecule has 1 aromatic heterocycles. The zero-order valence-corrected chi connectivity index (χ0v) is 9.66. The summed E-state index contributed by atoms with van der Waals surface area (Å²) in [6.45, 7) is 0. The van der Waals surface area contributed by atoms with E-state index in [0.29, 0.717) is 0 Å². The summed E-state index contributed by atoms with van der Waals surface area (Å²) in [6.07, 6.45) is 0. The van der Waals surface area contributed by atoms with Gasteiger partial charge in [-0.3, -0.25) is 0 Å². The standard InChI is InChI=1S/C11H10F2N2O3/c1-16-6-4-7(17-2)11(13)9(10(6)12)5-3-8(14)18-15-5/h3-4H,14H2,1-2H3. The number of methoxy groups -OCH3 is 2. The van der Waals surface area contributed by atoms with Crippen LogP contribution in [0.4, 0.5) is 14.7 Å². The molecule has 2 N–H and O–H groups in total. The minimum atomic E-state index is -0.899. The fourth-order valence-electron chi connectivity index (χ4n) is 1.52. The summed E-state index contributed by atoms with van der Waals surface area (Å²) < 4.78 is 42.2. The van der Waals surface area contributed by atoms with Crippen molar-refractivity contribution in [3.63, 3.8) is 0 Å². The van der Waals surface area contributed by atoms with Gasteiger partial charge in [0.2, 0.25) is 5.88 Å². The van der Waals surface area contributed by atoms with E-state index < -0.39 is 17.2 Å². The van der Waals surface area contributed by atoms with Gasteiger partial charge in [0.05, 0.1) is 19.8 Å². The molecular formula is C11H10F2N2O3. The number of aromatic nitrogens is 1. The molecule has 1 aromatic carbocycles. The predicted molar refractivity (Wildman–Crippen MR) is 59.4 cm³/mol. The quantitative estimate of drug-likeness (QED) is 0.911. The second kappa shape index (κ2) is 4.52. The molecule has 7 heteroatoms. The van der Waals surface area contributed by atoms with Crippen molar-refractivity contribution in [3.8, 4) is 22.8 Å². The molecule has 0 atom stereocenters. The van der Waals surface area contributed by atoms with Gasteiger partial charge in [-0.05, 0) is 0 Å². The Balaban J connectivity index is 2.71. The Morgan fingerprint density at radius 2 is 1.67 bits per heavy atom. The maximum absolute atomic E-state index is 14.0. The van der Waals surface area contributed by atoms with Gasteiger partial charge >= 0.3 is 0 Å². The molecule has 1 heterocycles. The molecule has 2 aromatic rings. The molecule has 18 heavy (non-hydrogen) atoms. The smallest absolute Gasteiger partial charge is 0.222 e. The molecule has 0 spiro atoms. The highest BCUT2D eigenvalue weighted by Gasteiger charge is 2.23. The van der Waals surface area contributed by atoms with E-state index in [1.165, 1.54) is 20.3 Å². The van der Waals surface area contributed by atoms with Crippen molar-refractivity contribution in [2.75, 3.05) is 20.0 Å². The van der Waals surface area contributed by atoms with Crippen LogP contribution in [-0.2, 0) is 0 Å². The lowest BCUT2D eigenvalue weighted by Crippen LogP contribution is -1.99. The molecule has 2 rings (SSSR count). The summed E-state index contributed by atoms with van der Waals surface area (Å²) in [5.74, 6) is -2.17. The van der Waals surface area contributed by atoms with Crippen LogP contribution in [0.25, 0.3) is 11.3 Å². The fourth-order valence-corrected chi connectivity index (χ4v) is 1.52. The van der Waals surface area contributed by atoms with Crippen LogP contribution >= 0.6 is 0 Å². The predicted octanol–water partition coefficient (Wildman–Crippen LogP) is 2.22. The lowest BCUT2D eigenvalue weighted by atomic mass is 10.1. The number of ether oxygens (including phenoxy) is 2. The van der Waals surface area contributed by atoms with Crippen molar-refractivity contribution in [1.29, 1.82) is 0 Å². The first-order valence-corrected chi connectivity index (χ1v) is 4.91. The second-order valence-corrected chi connectivity index (χ2v) is 3.40. The number of benzene rings is 1. The molecule has 0 unspecified atom stereocenters. The number of nitrogens with two attached hydrogens (primary N) is 1. The Hall–Kier alpha value is -2.31. The highest BCUT2D eigenvalue weighted by atomic mass is 19.1. The van der Waals surface area contributed by atoms with Gasteiger partial charge in [-0.25, -0.2) is 8.78 Å². The summed E-state index contributed by atoms with van der Waals surface area (Å²) in [6, 6.07) is 2.32. The molecule has 0 saturated carbocycles. The molecule has 5 nitrogen and oxygen atoms in total. The van der Waals surface area contributed by atoms with E-state index >= 15 is 0 Å². The van der Waals surface area contributed by atoms with Crippen LogP contribution in [-0.4, -0.2) is 19.4 Å². The summed E-state index contributed by atoms with van der Waals surface area (Å²) in [4.78, 5) is 0. The molecule has 0 fully saturated rings. The number of rotatable bonds is 3. The Morgan fingerprint density at radius 3 is 2.06 bits per heavy atom. The van der Waals surface area contributed by atoms with E-state index in [1.54, 1.807) is 0 Å². The SMILES string of the molecule is COc1cc(OC)c(F)c(-c2cc(N)on2)c1F. The van der Waals surface area contributed by atoms with Crippen molar-refractivity contribution < 1.29 is 22.8 Å². The molecule has 0 bridgehead atoms. The lowest BCUT2D eigenvalue weighted by Gasteiger charge is -2.10. The van der Waals surface area contributed by atoms with Gasteiger partial charge in [-0.2, -0.15) is 0 Å². The average molecular weight is 256 g/mol. The van der Waals surface area contributed by atoms with E-state index in [1.807, 2.05) is 0 Å². The average Bonchev–Trinajstić information content (AvgIpc) is 2.76. The largest absolute Gasteiger partial charge is 0.494 e. The van der Waals surface area contributed by atoms with Crippen LogP contribution in [0, 0.1) is 11.6 Å². The number of nitrogens with zero attached hydrogens (tertiary/aromatic N) is 1. The van der Waals surface area contributed by atoms with Crippen molar-refractivity contribution in [3.05, 3.63) is 23.8 Å². The molecular weight excluding hydrogens is 246 g/mol. The summed E-state index contributed by atoms with van der Waals surface area (Å²) in [5, 5.41) is 3.47. The van der Waals surface area contributed by atoms with Gasteiger partial charge in [0, 0.05) is 12.1 Å². The van der Waals surface area contributed by atoms with Gasteiger partial charge < -0.3 is 19.7 Å².